The summed E-state index contributed by atoms with van der Waals surface area (Å²) in [5.74, 6) is 1.48. The lowest BCUT2D eigenvalue weighted by Crippen LogP contribution is -1.92. The molecule has 24 heavy (non-hydrogen) atoms. The first-order valence-electron chi connectivity index (χ1n) is 7.30. The van der Waals surface area contributed by atoms with Crippen molar-refractivity contribution >= 4 is 39.0 Å². The number of halogens is 1. The van der Waals surface area contributed by atoms with Gasteiger partial charge in [0.05, 0.1) is 24.4 Å². The molecular weight excluding hydrogens is 370 g/mol. The molecule has 0 aliphatic heterocycles. The lowest BCUT2D eigenvalue weighted by Gasteiger charge is -2.10. The molecule has 0 aliphatic rings. The van der Waals surface area contributed by atoms with Gasteiger partial charge in [0, 0.05) is 5.39 Å². The van der Waals surface area contributed by atoms with E-state index in [1.165, 1.54) is 0 Å². The number of benzene rings is 2. The number of pyridine rings is 1. The molecule has 0 spiro atoms. The lowest BCUT2D eigenvalue weighted by molar-refractivity contribution is 0.353. The number of hydrogen-bond donors (Lipinski definition) is 1. The van der Waals surface area contributed by atoms with E-state index in [1.54, 1.807) is 26.4 Å². The summed E-state index contributed by atoms with van der Waals surface area (Å²) >= 11 is 3.48. The predicted molar refractivity (Wildman–Crippen MR) is 99.6 cm³/mol. The Balaban J connectivity index is 1.96. The second kappa shape index (κ2) is 6.93. The number of aromatic hydroxyl groups is 1. The Morgan fingerprint density at radius 3 is 2.62 bits per heavy atom. The second-order valence-corrected chi connectivity index (χ2v) is 6.01. The van der Waals surface area contributed by atoms with E-state index in [4.69, 9.17) is 9.47 Å². The van der Waals surface area contributed by atoms with E-state index in [-0.39, 0.29) is 5.75 Å². The molecule has 3 aromatic rings. The molecule has 1 N–H and O–H groups in total. The number of methoxy groups -OCH3 is 2. The van der Waals surface area contributed by atoms with Crippen molar-refractivity contribution in [2.45, 2.75) is 0 Å². The molecule has 0 atom stereocenters. The number of aromatic nitrogens is 1. The van der Waals surface area contributed by atoms with Gasteiger partial charge in [-0.1, -0.05) is 24.3 Å². The summed E-state index contributed by atoms with van der Waals surface area (Å²) in [5, 5.41) is 10.8. The lowest BCUT2D eigenvalue weighted by atomic mass is 10.1. The van der Waals surface area contributed by atoms with Gasteiger partial charge < -0.3 is 14.6 Å². The standard InChI is InChI=1S/C19H16BrNO3/c1-23-17-11-12(10-15(20)19(17)24-2)6-8-14-9-7-13-4-3-5-16(22)18(13)21-14/h3-11,22H,1-2H3/b8-6+. The Labute approximate surface area is 148 Å². The number of nitrogens with zero attached hydrogens (tertiary/aromatic N) is 1. The normalized spacial score (nSPS) is 11.1. The van der Waals surface area contributed by atoms with E-state index in [1.807, 2.05) is 42.5 Å². The van der Waals surface area contributed by atoms with Crippen molar-refractivity contribution in [1.29, 1.82) is 0 Å². The van der Waals surface area contributed by atoms with E-state index in [0.29, 0.717) is 17.0 Å². The van der Waals surface area contributed by atoms with Crippen LogP contribution in [0.25, 0.3) is 23.1 Å². The highest BCUT2D eigenvalue weighted by molar-refractivity contribution is 9.10. The summed E-state index contributed by atoms with van der Waals surface area (Å²) in [6, 6.07) is 13.0. The third kappa shape index (κ3) is 3.21. The number of phenolic OH excluding ortho intramolecular Hbond substituents is 1. The molecule has 1 heterocycles. The fourth-order valence-corrected chi connectivity index (χ4v) is 3.08. The van der Waals surface area contributed by atoms with Crippen molar-refractivity contribution in [3.05, 3.63) is 58.2 Å². The van der Waals surface area contributed by atoms with Crippen LogP contribution >= 0.6 is 15.9 Å². The van der Waals surface area contributed by atoms with Gasteiger partial charge in [-0.15, -0.1) is 0 Å². The smallest absolute Gasteiger partial charge is 0.174 e. The molecule has 122 valence electrons. The quantitative estimate of drug-likeness (QED) is 0.694. The number of fused-ring (bicyclic) bond motifs is 1. The summed E-state index contributed by atoms with van der Waals surface area (Å²) in [6.07, 6.45) is 3.82. The molecule has 3 rings (SSSR count). The van der Waals surface area contributed by atoms with Crippen LogP contribution in [-0.2, 0) is 0 Å². The van der Waals surface area contributed by atoms with Crippen molar-refractivity contribution in [3.8, 4) is 17.2 Å². The fourth-order valence-electron chi connectivity index (χ4n) is 2.46. The molecule has 0 radical (unpaired) electrons. The second-order valence-electron chi connectivity index (χ2n) is 5.16. The van der Waals surface area contributed by atoms with Crippen molar-refractivity contribution in [3.63, 3.8) is 0 Å². The monoisotopic (exact) mass is 385 g/mol. The van der Waals surface area contributed by atoms with Crippen LogP contribution in [0, 0.1) is 0 Å². The molecule has 0 fully saturated rings. The SMILES string of the molecule is COc1cc(/C=C/c2ccc3cccc(O)c3n2)cc(Br)c1OC. The Hall–Kier alpha value is -2.53. The van der Waals surface area contributed by atoms with Crippen LogP contribution in [0.4, 0.5) is 0 Å². The minimum absolute atomic E-state index is 0.177. The van der Waals surface area contributed by atoms with Crippen molar-refractivity contribution in [1.82, 2.24) is 4.98 Å². The first-order chi connectivity index (χ1) is 11.6. The summed E-state index contributed by atoms with van der Waals surface area (Å²) in [7, 11) is 3.20. The first kappa shape index (κ1) is 16.3. The maximum atomic E-state index is 9.92. The zero-order valence-electron chi connectivity index (χ0n) is 13.3. The number of ether oxygens (including phenoxy) is 2. The van der Waals surface area contributed by atoms with Crippen LogP contribution in [0.2, 0.25) is 0 Å². The van der Waals surface area contributed by atoms with Crippen LogP contribution in [0.15, 0.2) is 46.9 Å². The Morgan fingerprint density at radius 1 is 1.04 bits per heavy atom. The van der Waals surface area contributed by atoms with E-state index in [9.17, 15) is 5.11 Å². The van der Waals surface area contributed by atoms with Crippen molar-refractivity contribution in [2.75, 3.05) is 14.2 Å². The third-order valence-electron chi connectivity index (χ3n) is 3.62. The highest BCUT2D eigenvalue weighted by atomic mass is 79.9. The molecule has 0 saturated heterocycles. The summed E-state index contributed by atoms with van der Waals surface area (Å²) in [5.41, 5.74) is 2.29. The van der Waals surface area contributed by atoms with E-state index in [0.717, 1.165) is 21.1 Å². The topological polar surface area (TPSA) is 51.6 Å². The van der Waals surface area contributed by atoms with Gasteiger partial charge in [-0.3, -0.25) is 0 Å². The molecule has 0 amide bonds. The van der Waals surface area contributed by atoms with Crippen LogP contribution in [-0.4, -0.2) is 24.3 Å². The summed E-state index contributed by atoms with van der Waals surface area (Å²) in [4.78, 5) is 4.48. The average molecular weight is 386 g/mol. The van der Waals surface area contributed by atoms with Crippen LogP contribution in [0.5, 0.6) is 17.2 Å². The zero-order chi connectivity index (χ0) is 17.1. The molecule has 2 aromatic carbocycles. The average Bonchev–Trinajstić information content (AvgIpc) is 2.60. The predicted octanol–water partition coefficient (Wildman–Crippen LogP) is 4.89. The van der Waals surface area contributed by atoms with Gasteiger partial charge in [0.25, 0.3) is 0 Å². The molecule has 5 heteroatoms. The molecule has 0 bridgehead atoms. The Kier molecular flexibility index (Phi) is 4.71. The minimum atomic E-state index is 0.177. The number of phenols is 1. The number of hydrogen-bond acceptors (Lipinski definition) is 4. The number of rotatable bonds is 4. The van der Waals surface area contributed by atoms with Gasteiger partial charge in [-0.25, -0.2) is 4.98 Å². The van der Waals surface area contributed by atoms with Gasteiger partial charge in [-0.2, -0.15) is 0 Å². The van der Waals surface area contributed by atoms with E-state index >= 15 is 0 Å². The first-order valence-corrected chi connectivity index (χ1v) is 8.10. The van der Waals surface area contributed by atoms with Crippen LogP contribution in [0.3, 0.4) is 0 Å². The van der Waals surface area contributed by atoms with Gasteiger partial charge >= 0.3 is 0 Å². The van der Waals surface area contributed by atoms with Gasteiger partial charge in [0.1, 0.15) is 11.3 Å². The largest absolute Gasteiger partial charge is 0.506 e. The molecule has 0 aliphatic carbocycles. The van der Waals surface area contributed by atoms with Crippen molar-refractivity contribution < 1.29 is 14.6 Å². The van der Waals surface area contributed by atoms with E-state index < -0.39 is 0 Å². The van der Waals surface area contributed by atoms with Crippen molar-refractivity contribution in [2.24, 2.45) is 0 Å². The minimum Gasteiger partial charge on any atom is -0.506 e. The van der Waals surface area contributed by atoms with Gasteiger partial charge in [0.15, 0.2) is 11.5 Å². The molecular formula is C19H16BrNO3. The Bertz CT molecular complexity index is 922. The highest BCUT2D eigenvalue weighted by Gasteiger charge is 2.09. The molecule has 0 unspecified atom stereocenters. The summed E-state index contributed by atoms with van der Waals surface area (Å²) in [6.45, 7) is 0. The van der Waals surface area contributed by atoms with Gasteiger partial charge in [0.2, 0.25) is 0 Å². The molecule has 4 nitrogen and oxygen atoms in total. The Morgan fingerprint density at radius 2 is 1.88 bits per heavy atom. The van der Waals surface area contributed by atoms with Gasteiger partial charge in [-0.05, 0) is 51.8 Å². The maximum absolute atomic E-state index is 9.92. The zero-order valence-corrected chi connectivity index (χ0v) is 14.9. The highest BCUT2D eigenvalue weighted by Crippen LogP contribution is 2.36. The summed E-state index contributed by atoms with van der Waals surface area (Å²) < 4.78 is 11.5. The fraction of sp³-hybridized carbons (Fsp3) is 0.105. The van der Waals surface area contributed by atoms with E-state index in [2.05, 4.69) is 20.9 Å². The molecule has 1 aromatic heterocycles. The van der Waals surface area contributed by atoms with Crippen LogP contribution in [0.1, 0.15) is 11.3 Å². The molecule has 0 saturated carbocycles. The third-order valence-corrected chi connectivity index (χ3v) is 4.21. The maximum Gasteiger partial charge on any atom is 0.174 e. The van der Waals surface area contributed by atoms with Crippen LogP contribution < -0.4 is 9.47 Å². The number of para-hydroxylation sites is 1.